The Morgan fingerprint density at radius 3 is 2.74 bits per heavy atom. The van der Waals surface area contributed by atoms with Crippen molar-refractivity contribution >= 4 is 27.5 Å². The summed E-state index contributed by atoms with van der Waals surface area (Å²) in [5, 5.41) is 0. The second kappa shape index (κ2) is 9.43. The lowest BCUT2D eigenvalue weighted by atomic mass is 10.3. The van der Waals surface area contributed by atoms with Crippen LogP contribution >= 0.6 is 11.3 Å². The van der Waals surface area contributed by atoms with Gasteiger partial charge in [-0.1, -0.05) is 35.6 Å². The topological polar surface area (TPSA) is 52.8 Å². The predicted molar refractivity (Wildman–Crippen MR) is 103 cm³/mol. The molecule has 0 atom stereocenters. The number of benzene rings is 2. The van der Waals surface area contributed by atoms with Crippen LogP contribution in [-0.2, 0) is 16.1 Å². The standard InChI is InChI=1S/C20H21FN2O3S/c1-2-25-14-12-23-19-16(21)9-6-10-17(19)27-20(23)22-18(24)11-13-26-15-7-4-3-5-8-15/h3-10H,2,11-14H2,1H3. The van der Waals surface area contributed by atoms with Crippen LogP contribution in [0, 0.1) is 5.82 Å². The van der Waals surface area contributed by atoms with E-state index in [-0.39, 0.29) is 24.8 Å². The van der Waals surface area contributed by atoms with E-state index in [1.165, 1.54) is 17.4 Å². The summed E-state index contributed by atoms with van der Waals surface area (Å²) in [4.78, 5) is 16.9. The van der Waals surface area contributed by atoms with Gasteiger partial charge in [-0.25, -0.2) is 4.39 Å². The Kier molecular flexibility index (Phi) is 6.73. The second-order valence-electron chi connectivity index (χ2n) is 5.74. The number of rotatable bonds is 8. The average Bonchev–Trinajstić information content (AvgIpc) is 3.01. The van der Waals surface area contributed by atoms with Crippen LogP contribution in [0.4, 0.5) is 4.39 Å². The number of fused-ring (bicyclic) bond motifs is 1. The summed E-state index contributed by atoms with van der Waals surface area (Å²) in [5.74, 6) is 0.0747. The number of thiazole rings is 1. The van der Waals surface area contributed by atoms with E-state index < -0.39 is 0 Å². The number of nitrogens with zero attached hydrogens (tertiary/aromatic N) is 2. The summed E-state index contributed by atoms with van der Waals surface area (Å²) in [7, 11) is 0. The van der Waals surface area contributed by atoms with Gasteiger partial charge in [0.2, 0.25) is 0 Å². The smallest absolute Gasteiger partial charge is 0.251 e. The lowest BCUT2D eigenvalue weighted by Crippen LogP contribution is -2.20. The van der Waals surface area contributed by atoms with Gasteiger partial charge < -0.3 is 14.0 Å². The third-order valence-electron chi connectivity index (χ3n) is 3.86. The number of carbonyl (C=O) groups is 1. The molecule has 0 unspecified atom stereocenters. The summed E-state index contributed by atoms with van der Waals surface area (Å²) >= 11 is 1.29. The molecular weight excluding hydrogens is 367 g/mol. The number of halogens is 1. The maximum absolute atomic E-state index is 14.3. The molecule has 0 spiro atoms. The van der Waals surface area contributed by atoms with Crippen LogP contribution in [0.3, 0.4) is 0 Å². The largest absolute Gasteiger partial charge is 0.493 e. The molecule has 0 N–H and O–H groups in total. The Balaban J connectivity index is 1.78. The van der Waals surface area contributed by atoms with E-state index in [1.54, 1.807) is 10.6 Å². The van der Waals surface area contributed by atoms with Crippen molar-refractivity contribution in [3.8, 4) is 5.75 Å². The molecule has 0 aliphatic carbocycles. The van der Waals surface area contributed by atoms with Gasteiger partial charge in [0, 0.05) is 13.2 Å². The van der Waals surface area contributed by atoms with E-state index in [0.29, 0.717) is 35.8 Å². The third-order valence-corrected chi connectivity index (χ3v) is 4.91. The van der Waals surface area contributed by atoms with Gasteiger partial charge in [0.15, 0.2) is 4.80 Å². The van der Waals surface area contributed by atoms with E-state index >= 15 is 0 Å². The monoisotopic (exact) mass is 388 g/mol. The van der Waals surface area contributed by atoms with Crippen LogP contribution in [0.2, 0.25) is 0 Å². The lowest BCUT2D eigenvalue weighted by molar-refractivity contribution is -0.118. The molecule has 3 rings (SSSR count). The van der Waals surface area contributed by atoms with Crippen LogP contribution in [0.25, 0.3) is 10.2 Å². The van der Waals surface area contributed by atoms with Gasteiger partial charge in [-0.2, -0.15) is 4.99 Å². The summed E-state index contributed by atoms with van der Waals surface area (Å²) < 4.78 is 27.7. The first kappa shape index (κ1) is 19.3. The molecule has 3 aromatic rings. The summed E-state index contributed by atoms with van der Waals surface area (Å²) in [6.07, 6.45) is 0.150. The SMILES string of the molecule is CCOCCn1c(=NC(=O)CCOc2ccccc2)sc2cccc(F)c21. The molecule has 0 aliphatic heterocycles. The van der Waals surface area contributed by atoms with Crippen LogP contribution in [0.1, 0.15) is 13.3 Å². The molecular formula is C20H21FN2O3S. The van der Waals surface area contributed by atoms with Gasteiger partial charge in [-0.05, 0) is 31.2 Å². The van der Waals surface area contributed by atoms with Gasteiger partial charge in [0.25, 0.3) is 5.91 Å². The Hall–Kier alpha value is -2.51. The maximum Gasteiger partial charge on any atom is 0.251 e. The Morgan fingerprint density at radius 1 is 1.15 bits per heavy atom. The normalized spacial score (nSPS) is 11.9. The minimum absolute atomic E-state index is 0.150. The maximum atomic E-state index is 14.3. The molecule has 142 valence electrons. The molecule has 1 amide bonds. The number of hydrogen-bond acceptors (Lipinski definition) is 4. The summed E-state index contributed by atoms with van der Waals surface area (Å²) in [6.45, 7) is 3.58. The minimum Gasteiger partial charge on any atom is -0.493 e. The van der Waals surface area contributed by atoms with Crippen molar-refractivity contribution in [3.63, 3.8) is 0 Å². The Bertz CT molecular complexity index is 966. The quantitative estimate of drug-likeness (QED) is 0.552. The zero-order valence-corrected chi connectivity index (χ0v) is 15.9. The van der Waals surface area contributed by atoms with Gasteiger partial charge in [0.05, 0.1) is 29.9 Å². The zero-order chi connectivity index (χ0) is 19.1. The van der Waals surface area contributed by atoms with E-state index in [2.05, 4.69) is 4.99 Å². The van der Waals surface area contributed by atoms with Crippen LogP contribution in [0.5, 0.6) is 5.75 Å². The molecule has 1 aromatic heterocycles. The third kappa shape index (κ3) is 5.02. The summed E-state index contributed by atoms with van der Waals surface area (Å²) in [6, 6.07) is 14.2. The molecule has 0 radical (unpaired) electrons. The number of amides is 1. The Morgan fingerprint density at radius 2 is 1.96 bits per heavy atom. The number of aromatic nitrogens is 1. The van der Waals surface area contributed by atoms with Gasteiger partial charge in [0.1, 0.15) is 11.6 Å². The molecule has 0 bridgehead atoms. The number of hydrogen-bond donors (Lipinski definition) is 0. The van der Waals surface area contributed by atoms with Gasteiger partial charge in [-0.3, -0.25) is 4.79 Å². The fourth-order valence-electron chi connectivity index (χ4n) is 2.62. The van der Waals surface area contributed by atoms with Crippen LogP contribution in [-0.4, -0.2) is 30.3 Å². The molecule has 27 heavy (non-hydrogen) atoms. The zero-order valence-electron chi connectivity index (χ0n) is 15.1. The number of para-hydroxylation sites is 2. The molecule has 0 saturated carbocycles. The molecule has 0 fully saturated rings. The average molecular weight is 388 g/mol. The number of ether oxygens (including phenoxy) is 2. The molecule has 2 aromatic carbocycles. The fraction of sp³-hybridized carbons (Fsp3) is 0.300. The van der Waals surface area contributed by atoms with E-state index in [9.17, 15) is 9.18 Å². The lowest BCUT2D eigenvalue weighted by Gasteiger charge is -2.06. The fourth-order valence-corrected chi connectivity index (χ4v) is 3.70. The van der Waals surface area contributed by atoms with Crippen molar-refractivity contribution in [2.45, 2.75) is 19.9 Å². The van der Waals surface area contributed by atoms with Crippen molar-refractivity contribution < 1.29 is 18.7 Å². The van der Waals surface area contributed by atoms with Crippen molar-refractivity contribution in [1.29, 1.82) is 0 Å². The van der Waals surface area contributed by atoms with Crippen molar-refractivity contribution in [2.24, 2.45) is 4.99 Å². The molecule has 7 heteroatoms. The number of carbonyl (C=O) groups excluding carboxylic acids is 1. The van der Waals surface area contributed by atoms with E-state index in [0.717, 1.165) is 4.70 Å². The first-order valence-electron chi connectivity index (χ1n) is 8.80. The van der Waals surface area contributed by atoms with Crippen molar-refractivity contribution in [1.82, 2.24) is 4.57 Å². The minimum atomic E-state index is -0.332. The molecule has 5 nitrogen and oxygen atoms in total. The predicted octanol–water partition coefficient (Wildman–Crippen LogP) is 3.77. The van der Waals surface area contributed by atoms with Gasteiger partial charge in [-0.15, -0.1) is 0 Å². The van der Waals surface area contributed by atoms with E-state index in [4.69, 9.17) is 9.47 Å². The first-order valence-corrected chi connectivity index (χ1v) is 9.61. The summed E-state index contributed by atoms with van der Waals surface area (Å²) in [5.41, 5.74) is 0.453. The molecule has 1 heterocycles. The highest BCUT2D eigenvalue weighted by atomic mass is 32.1. The first-order chi connectivity index (χ1) is 13.2. The second-order valence-corrected chi connectivity index (χ2v) is 6.75. The van der Waals surface area contributed by atoms with Crippen LogP contribution < -0.4 is 9.54 Å². The van der Waals surface area contributed by atoms with Crippen LogP contribution in [0.15, 0.2) is 53.5 Å². The highest BCUT2D eigenvalue weighted by molar-refractivity contribution is 7.16. The van der Waals surface area contributed by atoms with Crippen molar-refractivity contribution in [2.75, 3.05) is 19.8 Å². The highest BCUT2D eigenvalue weighted by Crippen LogP contribution is 2.20. The molecule has 0 saturated heterocycles. The van der Waals surface area contributed by atoms with Gasteiger partial charge >= 0.3 is 0 Å². The van der Waals surface area contributed by atoms with Crippen molar-refractivity contribution in [3.05, 3.63) is 59.1 Å². The molecule has 0 aliphatic rings. The highest BCUT2D eigenvalue weighted by Gasteiger charge is 2.12. The van der Waals surface area contributed by atoms with E-state index in [1.807, 2.05) is 43.3 Å². The Labute approximate surface area is 160 Å².